The summed E-state index contributed by atoms with van der Waals surface area (Å²) in [5.41, 5.74) is 7.01. The minimum Gasteiger partial charge on any atom is -0.448 e. The second-order valence-corrected chi connectivity index (χ2v) is 3.49. The third kappa shape index (κ3) is 1.47. The van der Waals surface area contributed by atoms with Crippen LogP contribution in [0.15, 0.2) is 27.4 Å². The first-order valence-corrected chi connectivity index (χ1v) is 4.51. The summed E-state index contributed by atoms with van der Waals surface area (Å²) in [6, 6.07) is 3.63. The number of furan rings is 1. The Morgan fingerprint density at radius 1 is 1.54 bits per heavy atom. The highest BCUT2D eigenvalue weighted by molar-refractivity contribution is 9.10. The standard InChI is InChI=1S/C8H8BrN3O/c1-12-4-5(10)8(11-12)6-2-3-7(9)13-6/h2-4H,10H2,1H3. The molecule has 2 heterocycles. The van der Waals surface area contributed by atoms with E-state index >= 15 is 0 Å². The predicted octanol–water partition coefficient (Wildman–Crippen LogP) is 2.02. The SMILES string of the molecule is Cn1cc(N)c(-c2ccc(Br)o2)n1. The largest absolute Gasteiger partial charge is 0.448 e. The molecule has 0 aromatic carbocycles. The van der Waals surface area contributed by atoms with Crippen LogP contribution in [0.1, 0.15) is 0 Å². The monoisotopic (exact) mass is 241 g/mol. The van der Waals surface area contributed by atoms with Crippen LogP contribution in [0.4, 0.5) is 5.69 Å². The van der Waals surface area contributed by atoms with E-state index in [0.717, 1.165) is 0 Å². The summed E-state index contributed by atoms with van der Waals surface area (Å²) in [7, 11) is 1.82. The highest BCUT2D eigenvalue weighted by Crippen LogP contribution is 2.27. The van der Waals surface area contributed by atoms with Gasteiger partial charge in [0, 0.05) is 13.2 Å². The van der Waals surface area contributed by atoms with E-state index in [0.29, 0.717) is 21.8 Å². The Labute approximate surface area is 83.5 Å². The molecule has 0 saturated heterocycles. The molecule has 68 valence electrons. The fourth-order valence-corrected chi connectivity index (χ4v) is 1.45. The predicted molar refractivity (Wildman–Crippen MR) is 53.0 cm³/mol. The molecular formula is C8H8BrN3O. The van der Waals surface area contributed by atoms with E-state index < -0.39 is 0 Å². The Balaban J connectivity index is 2.51. The molecule has 0 spiro atoms. The van der Waals surface area contributed by atoms with Gasteiger partial charge in [-0.15, -0.1) is 0 Å². The van der Waals surface area contributed by atoms with Crippen molar-refractivity contribution in [3.63, 3.8) is 0 Å². The number of aryl methyl sites for hydroxylation is 1. The van der Waals surface area contributed by atoms with Crippen molar-refractivity contribution in [2.75, 3.05) is 5.73 Å². The number of aromatic nitrogens is 2. The van der Waals surface area contributed by atoms with E-state index in [4.69, 9.17) is 10.2 Å². The third-order valence-corrected chi connectivity index (χ3v) is 2.09. The lowest BCUT2D eigenvalue weighted by atomic mass is 10.3. The molecule has 0 unspecified atom stereocenters. The number of hydrogen-bond acceptors (Lipinski definition) is 3. The zero-order chi connectivity index (χ0) is 9.42. The number of nitrogens with two attached hydrogens (primary N) is 1. The van der Waals surface area contributed by atoms with Gasteiger partial charge in [-0.1, -0.05) is 0 Å². The quantitative estimate of drug-likeness (QED) is 0.832. The first-order chi connectivity index (χ1) is 6.16. The third-order valence-electron chi connectivity index (χ3n) is 1.66. The number of halogens is 1. The molecule has 2 rings (SSSR count). The Morgan fingerprint density at radius 3 is 2.77 bits per heavy atom. The fourth-order valence-electron chi connectivity index (χ4n) is 1.14. The van der Waals surface area contributed by atoms with Gasteiger partial charge in [0.2, 0.25) is 0 Å². The van der Waals surface area contributed by atoms with Gasteiger partial charge in [0.15, 0.2) is 16.1 Å². The van der Waals surface area contributed by atoms with E-state index in [1.807, 2.05) is 19.2 Å². The Bertz CT molecular complexity index is 432. The maximum atomic E-state index is 5.72. The lowest BCUT2D eigenvalue weighted by molar-refractivity contribution is 0.552. The highest BCUT2D eigenvalue weighted by atomic mass is 79.9. The topological polar surface area (TPSA) is 57.0 Å². The van der Waals surface area contributed by atoms with Gasteiger partial charge in [-0.05, 0) is 28.1 Å². The van der Waals surface area contributed by atoms with Gasteiger partial charge in [-0.3, -0.25) is 4.68 Å². The summed E-state index contributed by atoms with van der Waals surface area (Å²) in [5.74, 6) is 0.671. The van der Waals surface area contributed by atoms with E-state index in [-0.39, 0.29) is 0 Å². The van der Waals surface area contributed by atoms with Crippen molar-refractivity contribution in [3.8, 4) is 11.5 Å². The summed E-state index contributed by atoms with van der Waals surface area (Å²) in [4.78, 5) is 0. The summed E-state index contributed by atoms with van der Waals surface area (Å²) in [6.45, 7) is 0. The van der Waals surface area contributed by atoms with Gasteiger partial charge in [0.1, 0.15) is 0 Å². The van der Waals surface area contributed by atoms with Gasteiger partial charge in [0.05, 0.1) is 5.69 Å². The normalized spacial score (nSPS) is 10.6. The van der Waals surface area contributed by atoms with Crippen LogP contribution < -0.4 is 5.73 Å². The molecule has 0 saturated carbocycles. The van der Waals surface area contributed by atoms with Crippen molar-refractivity contribution in [3.05, 3.63) is 23.0 Å². The second-order valence-electron chi connectivity index (χ2n) is 2.71. The molecule has 0 aliphatic heterocycles. The number of nitrogens with zero attached hydrogens (tertiary/aromatic N) is 2. The van der Waals surface area contributed by atoms with Crippen LogP contribution in [-0.4, -0.2) is 9.78 Å². The van der Waals surface area contributed by atoms with Crippen LogP contribution in [-0.2, 0) is 7.05 Å². The molecule has 0 amide bonds. The van der Waals surface area contributed by atoms with E-state index in [9.17, 15) is 0 Å². The molecule has 4 nitrogen and oxygen atoms in total. The molecule has 2 aromatic rings. The van der Waals surface area contributed by atoms with Crippen molar-refractivity contribution in [2.45, 2.75) is 0 Å². The molecule has 2 N–H and O–H groups in total. The molecule has 5 heteroatoms. The van der Waals surface area contributed by atoms with Crippen molar-refractivity contribution in [2.24, 2.45) is 7.05 Å². The molecule has 0 atom stereocenters. The van der Waals surface area contributed by atoms with Crippen LogP contribution in [0.5, 0.6) is 0 Å². The smallest absolute Gasteiger partial charge is 0.169 e. The molecule has 13 heavy (non-hydrogen) atoms. The van der Waals surface area contributed by atoms with Crippen LogP contribution in [0.3, 0.4) is 0 Å². The molecule has 0 radical (unpaired) electrons. The van der Waals surface area contributed by atoms with E-state index in [1.54, 1.807) is 10.9 Å². The molecule has 2 aromatic heterocycles. The van der Waals surface area contributed by atoms with Gasteiger partial charge < -0.3 is 10.2 Å². The number of rotatable bonds is 1. The first kappa shape index (κ1) is 8.37. The number of hydrogen-bond donors (Lipinski definition) is 1. The van der Waals surface area contributed by atoms with Gasteiger partial charge >= 0.3 is 0 Å². The minimum absolute atomic E-state index is 0.615. The van der Waals surface area contributed by atoms with Crippen molar-refractivity contribution in [1.82, 2.24) is 9.78 Å². The van der Waals surface area contributed by atoms with E-state index in [2.05, 4.69) is 21.0 Å². The first-order valence-electron chi connectivity index (χ1n) is 3.71. The highest BCUT2D eigenvalue weighted by Gasteiger charge is 2.10. The summed E-state index contributed by atoms with van der Waals surface area (Å²) in [5, 5.41) is 4.17. The number of nitrogen functional groups attached to an aromatic ring is 1. The average Bonchev–Trinajstić information content (AvgIpc) is 2.58. The molecule has 0 aliphatic carbocycles. The Hall–Kier alpha value is -1.23. The van der Waals surface area contributed by atoms with Crippen molar-refractivity contribution in [1.29, 1.82) is 0 Å². The summed E-state index contributed by atoms with van der Waals surface area (Å²) < 4.78 is 7.65. The Morgan fingerprint density at radius 2 is 2.31 bits per heavy atom. The molecule has 0 fully saturated rings. The maximum absolute atomic E-state index is 5.72. The zero-order valence-electron chi connectivity index (χ0n) is 6.99. The molecule has 0 aliphatic rings. The van der Waals surface area contributed by atoms with E-state index in [1.165, 1.54) is 0 Å². The lowest BCUT2D eigenvalue weighted by Crippen LogP contribution is -1.86. The molecule has 0 bridgehead atoms. The van der Waals surface area contributed by atoms with Crippen molar-refractivity contribution < 1.29 is 4.42 Å². The van der Waals surface area contributed by atoms with Crippen LogP contribution >= 0.6 is 15.9 Å². The van der Waals surface area contributed by atoms with Crippen LogP contribution in [0, 0.1) is 0 Å². The van der Waals surface area contributed by atoms with Crippen LogP contribution in [0.25, 0.3) is 11.5 Å². The fraction of sp³-hybridized carbons (Fsp3) is 0.125. The maximum Gasteiger partial charge on any atom is 0.169 e. The average molecular weight is 242 g/mol. The zero-order valence-corrected chi connectivity index (χ0v) is 8.58. The Kier molecular flexibility index (Phi) is 1.88. The van der Waals surface area contributed by atoms with Gasteiger partial charge in [-0.2, -0.15) is 5.10 Å². The van der Waals surface area contributed by atoms with Crippen LogP contribution in [0.2, 0.25) is 0 Å². The lowest BCUT2D eigenvalue weighted by Gasteiger charge is -1.90. The molecular weight excluding hydrogens is 234 g/mol. The van der Waals surface area contributed by atoms with Gasteiger partial charge in [0.25, 0.3) is 0 Å². The second kappa shape index (κ2) is 2.92. The summed E-state index contributed by atoms with van der Waals surface area (Å²) in [6.07, 6.45) is 1.74. The number of anilines is 1. The van der Waals surface area contributed by atoms with Gasteiger partial charge in [-0.25, -0.2) is 0 Å². The minimum atomic E-state index is 0.615. The van der Waals surface area contributed by atoms with Crippen molar-refractivity contribution >= 4 is 21.6 Å². The summed E-state index contributed by atoms with van der Waals surface area (Å²) >= 11 is 3.22.